The third kappa shape index (κ3) is 3.66. The molecule has 1 unspecified atom stereocenters. The van der Waals surface area contributed by atoms with Crippen molar-refractivity contribution >= 4 is 5.91 Å². The molecule has 14 heavy (non-hydrogen) atoms. The van der Waals surface area contributed by atoms with Crippen LogP contribution in [0.5, 0.6) is 0 Å². The Bertz CT molecular complexity index is 176. The maximum atomic E-state index is 11.4. The van der Waals surface area contributed by atoms with Crippen molar-refractivity contribution in [2.45, 2.75) is 51.5 Å². The van der Waals surface area contributed by atoms with E-state index in [4.69, 9.17) is 5.73 Å². The molecule has 0 aromatic rings. The molecule has 1 saturated carbocycles. The summed E-state index contributed by atoms with van der Waals surface area (Å²) < 4.78 is 0. The minimum Gasteiger partial charge on any atom is -0.354 e. The SMILES string of the molecule is CCC(N)C(=O)NCC1CCCCC1. The van der Waals surface area contributed by atoms with Crippen LogP contribution in [0.2, 0.25) is 0 Å². The maximum Gasteiger partial charge on any atom is 0.236 e. The van der Waals surface area contributed by atoms with Crippen LogP contribution in [0.1, 0.15) is 45.4 Å². The summed E-state index contributed by atoms with van der Waals surface area (Å²) in [7, 11) is 0. The van der Waals surface area contributed by atoms with Crippen molar-refractivity contribution in [3.05, 3.63) is 0 Å². The highest BCUT2D eigenvalue weighted by atomic mass is 16.2. The molecular formula is C11H22N2O. The summed E-state index contributed by atoms with van der Waals surface area (Å²) in [5.41, 5.74) is 5.62. The van der Waals surface area contributed by atoms with Gasteiger partial charge in [-0.05, 0) is 25.2 Å². The molecule has 1 atom stereocenters. The van der Waals surface area contributed by atoms with Gasteiger partial charge < -0.3 is 11.1 Å². The molecule has 0 radical (unpaired) electrons. The first-order valence-electron chi connectivity index (χ1n) is 5.77. The van der Waals surface area contributed by atoms with Gasteiger partial charge in [0, 0.05) is 6.54 Å². The minimum absolute atomic E-state index is 0.0121. The van der Waals surface area contributed by atoms with Crippen molar-refractivity contribution in [3.63, 3.8) is 0 Å². The highest BCUT2D eigenvalue weighted by Gasteiger charge is 2.16. The Hall–Kier alpha value is -0.570. The molecule has 3 N–H and O–H groups in total. The molecule has 0 heterocycles. The molecule has 82 valence electrons. The number of carbonyl (C=O) groups excluding carboxylic acids is 1. The van der Waals surface area contributed by atoms with Crippen LogP contribution in [-0.2, 0) is 4.79 Å². The second kappa shape index (κ2) is 6.02. The number of carbonyl (C=O) groups is 1. The molecule has 0 saturated heterocycles. The average Bonchev–Trinajstić information content (AvgIpc) is 2.26. The number of amides is 1. The van der Waals surface area contributed by atoms with Crippen LogP contribution in [0.4, 0.5) is 0 Å². The zero-order chi connectivity index (χ0) is 10.4. The van der Waals surface area contributed by atoms with E-state index >= 15 is 0 Å². The molecular weight excluding hydrogens is 176 g/mol. The predicted octanol–water partition coefficient (Wildman–Crippen LogP) is 1.42. The standard InChI is InChI=1S/C11H22N2O/c1-2-10(12)11(14)13-8-9-6-4-3-5-7-9/h9-10H,2-8,12H2,1H3,(H,13,14). The Labute approximate surface area is 86.4 Å². The van der Waals surface area contributed by atoms with E-state index in [1.165, 1.54) is 32.1 Å². The minimum atomic E-state index is -0.321. The summed E-state index contributed by atoms with van der Waals surface area (Å²) in [6, 6.07) is -0.321. The van der Waals surface area contributed by atoms with Crippen molar-refractivity contribution in [2.24, 2.45) is 11.7 Å². The lowest BCUT2D eigenvalue weighted by atomic mass is 9.89. The third-order valence-corrected chi connectivity index (χ3v) is 3.07. The molecule has 0 aliphatic heterocycles. The first-order valence-corrected chi connectivity index (χ1v) is 5.77. The van der Waals surface area contributed by atoms with E-state index < -0.39 is 0 Å². The number of hydrogen-bond acceptors (Lipinski definition) is 2. The lowest BCUT2D eigenvalue weighted by Gasteiger charge is -2.22. The molecule has 3 nitrogen and oxygen atoms in total. The van der Waals surface area contributed by atoms with Crippen molar-refractivity contribution in [1.29, 1.82) is 0 Å². The van der Waals surface area contributed by atoms with Crippen molar-refractivity contribution in [2.75, 3.05) is 6.54 Å². The van der Waals surface area contributed by atoms with Gasteiger partial charge in [-0.25, -0.2) is 0 Å². The second-order valence-electron chi connectivity index (χ2n) is 4.26. The molecule has 3 heteroatoms. The number of hydrogen-bond donors (Lipinski definition) is 2. The highest BCUT2D eigenvalue weighted by Crippen LogP contribution is 2.22. The quantitative estimate of drug-likeness (QED) is 0.718. The Balaban J connectivity index is 2.15. The van der Waals surface area contributed by atoms with E-state index in [0.717, 1.165) is 13.0 Å². The average molecular weight is 198 g/mol. The van der Waals surface area contributed by atoms with E-state index in [-0.39, 0.29) is 11.9 Å². The van der Waals surface area contributed by atoms with Gasteiger partial charge >= 0.3 is 0 Å². The van der Waals surface area contributed by atoms with Crippen LogP contribution in [0.25, 0.3) is 0 Å². The molecule has 1 fully saturated rings. The van der Waals surface area contributed by atoms with Crippen LogP contribution < -0.4 is 11.1 Å². The fraction of sp³-hybridized carbons (Fsp3) is 0.909. The molecule has 1 aliphatic rings. The zero-order valence-electron chi connectivity index (χ0n) is 9.09. The van der Waals surface area contributed by atoms with E-state index in [2.05, 4.69) is 5.32 Å². The topological polar surface area (TPSA) is 55.1 Å². The van der Waals surface area contributed by atoms with Gasteiger partial charge in [-0.15, -0.1) is 0 Å². The first-order chi connectivity index (χ1) is 6.74. The van der Waals surface area contributed by atoms with Gasteiger partial charge in [-0.3, -0.25) is 4.79 Å². The van der Waals surface area contributed by atoms with E-state index in [0.29, 0.717) is 5.92 Å². The fourth-order valence-corrected chi connectivity index (χ4v) is 1.95. The Morgan fingerprint density at radius 2 is 2.07 bits per heavy atom. The summed E-state index contributed by atoms with van der Waals surface area (Å²) >= 11 is 0. The molecule has 0 bridgehead atoms. The molecule has 0 aromatic carbocycles. The van der Waals surface area contributed by atoms with E-state index in [9.17, 15) is 4.79 Å². The predicted molar refractivity (Wildman–Crippen MR) is 57.9 cm³/mol. The number of nitrogens with two attached hydrogens (primary N) is 1. The highest BCUT2D eigenvalue weighted by molar-refractivity contribution is 5.81. The second-order valence-corrected chi connectivity index (χ2v) is 4.26. The Morgan fingerprint density at radius 1 is 1.43 bits per heavy atom. The van der Waals surface area contributed by atoms with Crippen LogP contribution >= 0.6 is 0 Å². The summed E-state index contributed by atoms with van der Waals surface area (Å²) in [5, 5.41) is 2.94. The van der Waals surface area contributed by atoms with Crippen LogP contribution in [0.15, 0.2) is 0 Å². The maximum absolute atomic E-state index is 11.4. The van der Waals surface area contributed by atoms with E-state index in [1.54, 1.807) is 0 Å². The molecule has 1 aliphatic carbocycles. The monoisotopic (exact) mass is 198 g/mol. The first kappa shape index (κ1) is 11.5. The Kier molecular flexibility index (Phi) is 4.94. The Morgan fingerprint density at radius 3 is 2.64 bits per heavy atom. The van der Waals surface area contributed by atoms with E-state index in [1.807, 2.05) is 6.92 Å². The van der Waals surface area contributed by atoms with Crippen molar-refractivity contribution < 1.29 is 4.79 Å². The van der Waals surface area contributed by atoms with Crippen LogP contribution in [0, 0.1) is 5.92 Å². The van der Waals surface area contributed by atoms with Gasteiger partial charge in [0.25, 0.3) is 0 Å². The zero-order valence-corrected chi connectivity index (χ0v) is 9.09. The lowest BCUT2D eigenvalue weighted by Crippen LogP contribution is -2.42. The van der Waals surface area contributed by atoms with Crippen LogP contribution in [0.3, 0.4) is 0 Å². The number of nitrogens with one attached hydrogen (secondary N) is 1. The summed E-state index contributed by atoms with van der Waals surface area (Å²) in [6.07, 6.45) is 7.25. The molecule has 0 spiro atoms. The van der Waals surface area contributed by atoms with Gasteiger partial charge in [0.1, 0.15) is 0 Å². The smallest absolute Gasteiger partial charge is 0.236 e. The van der Waals surface area contributed by atoms with Crippen molar-refractivity contribution in [3.8, 4) is 0 Å². The molecule has 1 rings (SSSR count). The summed E-state index contributed by atoms with van der Waals surface area (Å²) in [4.78, 5) is 11.4. The molecule has 1 amide bonds. The third-order valence-electron chi connectivity index (χ3n) is 3.07. The van der Waals surface area contributed by atoms with Gasteiger partial charge in [0.2, 0.25) is 5.91 Å². The fourth-order valence-electron chi connectivity index (χ4n) is 1.95. The van der Waals surface area contributed by atoms with Gasteiger partial charge in [0.15, 0.2) is 0 Å². The van der Waals surface area contributed by atoms with Crippen LogP contribution in [-0.4, -0.2) is 18.5 Å². The number of rotatable bonds is 4. The normalized spacial score (nSPS) is 20.4. The summed E-state index contributed by atoms with van der Waals surface area (Å²) in [6.45, 7) is 2.76. The van der Waals surface area contributed by atoms with Crippen molar-refractivity contribution in [1.82, 2.24) is 5.32 Å². The lowest BCUT2D eigenvalue weighted by molar-refractivity contribution is -0.122. The summed E-state index contributed by atoms with van der Waals surface area (Å²) in [5.74, 6) is 0.704. The van der Waals surface area contributed by atoms with Gasteiger partial charge in [0.05, 0.1) is 6.04 Å². The molecule has 0 aromatic heterocycles. The van der Waals surface area contributed by atoms with Gasteiger partial charge in [-0.2, -0.15) is 0 Å². The largest absolute Gasteiger partial charge is 0.354 e. The van der Waals surface area contributed by atoms with Gasteiger partial charge in [-0.1, -0.05) is 26.2 Å².